The highest BCUT2D eigenvalue weighted by Crippen LogP contribution is 2.23. The van der Waals surface area contributed by atoms with E-state index in [1.807, 2.05) is 33.8 Å². The average molecular weight is 432 g/mol. The number of aromatic amines is 1. The van der Waals surface area contributed by atoms with Gasteiger partial charge in [0.15, 0.2) is 5.65 Å². The van der Waals surface area contributed by atoms with E-state index < -0.39 is 0 Å². The molecule has 8 heteroatoms. The van der Waals surface area contributed by atoms with Gasteiger partial charge in [-0.2, -0.15) is 5.10 Å². The average Bonchev–Trinajstić information content (AvgIpc) is 3.03. The summed E-state index contributed by atoms with van der Waals surface area (Å²) in [6.07, 6.45) is 2.38. The number of fused-ring (bicyclic) bond motifs is 1. The minimum atomic E-state index is -0.270. The van der Waals surface area contributed by atoms with Crippen LogP contribution in [0.3, 0.4) is 0 Å². The zero-order chi connectivity index (χ0) is 19.7. The molecule has 0 saturated heterocycles. The number of nitrogens with zero attached hydrogens (tertiary/aromatic N) is 3. The Morgan fingerprint density at radius 2 is 2.11 bits per heavy atom. The molecule has 142 valence electrons. The number of hydrogen-bond acceptors (Lipinski definition) is 4. The lowest BCUT2D eigenvalue weighted by atomic mass is 10.1. The van der Waals surface area contributed by atoms with E-state index >= 15 is 0 Å². The standard InChI is InChI=1S/C19H22BrN5O2/c1-5-12-6-11(4)23-19(27)14(12)8-21-18(26)13-7-16(20)24-17-15(13)9-22-25(17)10(2)3/h6-7,9-10H,5,8H2,1-4H3,(H,21,26)(H,23,27). The Labute approximate surface area is 165 Å². The van der Waals surface area contributed by atoms with Crippen molar-refractivity contribution in [1.29, 1.82) is 0 Å². The highest BCUT2D eigenvalue weighted by molar-refractivity contribution is 9.10. The Bertz CT molecular complexity index is 1070. The van der Waals surface area contributed by atoms with E-state index in [0.29, 0.717) is 26.8 Å². The monoisotopic (exact) mass is 431 g/mol. The van der Waals surface area contributed by atoms with Crippen molar-refractivity contribution >= 4 is 32.9 Å². The van der Waals surface area contributed by atoms with E-state index in [0.717, 1.165) is 17.7 Å². The Morgan fingerprint density at radius 3 is 2.78 bits per heavy atom. The van der Waals surface area contributed by atoms with Gasteiger partial charge in [-0.1, -0.05) is 6.92 Å². The minimum Gasteiger partial charge on any atom is -0.348 e. The number of carbonyl (C=O) groups is 1. The van der Waals surface area contributed by atoms with Gasteiger partial charge >= 0.3 is 0 Å². The third-order valence-corrected chi connectivity index (χ3v) is 4.85. The maximum absolute atomic E-state index is 12.8. The number of amides is 1. The van der Waals surface area contributed by atoms with Gasteiger partial charge in [-0.3, -0.25) is 9.59 Å². The Kier molecular flexibility index (Phi) is 5.46. The topological polar surface area (TPSA) is 92.7 Å². The van der Waals surface area contributed by atoms with Gasteiger partial charge in [-0.25, -0.2) is 9.67 Å². The molecule has 3 heterocycles. The number of carbonyl (C=O) groups excluding carboxylic acids is 1. The normalized spacial score (nSPS) is 11.3. The maximum Gasteiger partial charge on any atom is 0.253 e. The van der Waals surface area contributed by atoms with Crippen LogP contribution in [0.5, 0.6) is 0 Å². The molecule has 0 atom stereocenters. The van der Waals surface area contributed by atoms with Crippen LogP contribution in [0.4, 0.5) is 0 Å². The summed E-state index contributed by atoms with van der Waals surface area (Å²) in [5.41, 5.74) is 3.28. The third-order valence-electron chi connectivity index (χ3n) is 4.44. The molecule has 0 unspecified atom stereocenters. The van der Waals surface area contributed by atoms with Gasteiger partial charge in [0, 0.05) is 23.8 Å². The van der Waals surface area contributed by atoms with Crippen LogP contribution < -0.4 is 10.9 Å². The van der Waals surface area contributed by atoms with E-state index in [9.17, 15) is 9.59 Å². The quantitative estimate of drug-likeness (QED) is 0.606. The van der Waals surface area contributed by atoms with Crippen molar-refractivity contribution in [2.24, 2.45) is 0 Å². The van der Waals surface area contributed by atoms with Crippen LogP contribution in [0.25, 0.3) is 11.0 Å². The van der Waals surface area contributed by atoms with Crippen LogP contribution in [0.2, 0.25) is 0 Å². The SMILES string of the molecule is CCc1cc(C)[nH]c(=O)c1CNC(=O)c1cc(Br)nc2c1cnn2C(C)C. The van der Waals surface area contributed by atoms with Crippen molar-refractivity contribution in [1.82, 2.24) is 25.1 Å². The maximum atomic E-state index is 12.8. The highest BCUT2D eigenvalue weighted by Gasteiger charge is 2.18. The fraction of sp³-hybridized carbons (Fsp3) is 0.368. The van der Waals surface area contributed by atoms with E-state index in [1.165, 1.54) is 0 Å². The van der Waals surface area contributed by atoms with Gasteiger partial charge in [0.25, 0.3) is 11.5 Å². The molecule has 3 aromatic rings. The fourth-order valence-electron chi connectivity index (χ4n) is 3.11. The van der Waals surface area contributed by atoms with E-state index in [4.69, 9.17) is 0 Å². The number of aromatic nitrogens is 4. The number of halogens is 1. The smallest absolute Gasteiger partial charge is 0.253 e. The lowest BCUT2D eigenvalue weighted by Crippen LogP contribution is -2.28. The van der Waals surface area contributed by atoms with Gasteiger partial charge in [0.2, 0.25) is 0 Å². The molecule has 0 aromatic carbocycles. The summed E-state index contributed by atoms with van der Waals surface area (Å²) < 4.78 is 2.33. The zero-order valence-corrected chi connectivity index (χ0v) is 17.3. The van der Waals surface area contributed by atoms with Crippen molar-refractivity contribution in [2.75, 3.05) is 0 Å². The summed E-state index contributed by atoms with van der Waals surface area (Å²) in [5.74, 6) is -0.270. The molecular formula is C19H22BrN5O2. The van der Waals surface area contributed by atoms with Crippen LogP contribution >= 0.6 is 15.9 Å². The molecule has 0 fully saturated rings. The molecule has 27 heavy (non-hydrogen) atoms. The fourth-order valence-corrected chi connectivity index (χ4v) is 3.51. The van der Waals surface area contributed by atoms with Crippen LogP contribution in [-0.2, 0) is 13.0 Å². The number of H-pyrrole nitrogens is 1. The molecular weight excluding hydrogens is 410 g/mol. The molecule has 0 spiro atoms. The minimum absolute atomic E-state index is 0.124. The Balaban J connectivity index is 1.93. The first-order valence-electron chi connectivity index (χ1n) is 8.85. The van der Waals surface area contributed by atoms with Crippen molar-refractivity contribution in [2.45, 2.75) is 46.7 Å². The van der Waals surface area contributed by atoms with Crippen molar-refractivity contribution in [3.05, 3.63) is 55.7 Å². The second-order valence-corrected chi connectivity index (χ2v) is 7.55. The number of rotatable bonds is 5. The first kappa shape index (κ1) is 19.3. The van der Waals surface area contributed by atoms with Gasteiger partial charge in [0.05, 0.1) is 17.1 Å². The Hall–Kier alpha value is -2.48. The van der Waals surface area contributed by atoms with Crippen LogP contribution in [0.15, 0.2) is 27.7 Å². The van der Waals surface area contributed by atoms with Gasteiger partial charge in [-0.15, -0.1) is 0 Å². The lowest BCUT2D eigenvalue weighted by Gasteiger charge is -2.11. The first-order valence-corrected chi connectivity index (χ1v) is 9.64. The summed E-state index contributed by atoms with van der Waals surface area (Å²) in [6, 6.07) is 3.74. The van der Waals surface area contributed by atoms with E-state index in [1.54, 1.807) is 16.9 Å². The van der Waals surface area contributed by atoms with E-state index in [2.05, 4.69) is 36.3 Å². The summed E-state index contributed by atoms with van der Waals surface area (Å²) in [7, 11) is 0. The summed E-state index contributed by atoms with van der Waals surface area (Å²) in [4.78, 5) is 32.4. The van der Waals surface area contributed by atoms with Crippen molar-refractivity contribution < 1.29 is 4.79 Å². The first-order chi connectivity index (χ1) is 12.8. The summed E-state index contributed by atoms with van der Waals surface area (Å²) in [6.45, 7) is 8.01. The molecule has 0 aliphatic rings. The molecule has 0 radical (unpaired) electrons. The molecule has 0 bridgehead atoms. The van der Waals surface area contributed by atoms with Gasteiger partial charge < -0.3 is 10.3 Å². The number of aryl methyl sites for hydroxylation is 2. The molecule has 7 nitrogen and oxygen atoms in total. The molecule has 2 N–H and O–H groups in total. The third kappa shape index (κ3) is 3.80. The lowest BCUT2D eigenvalue weighted by molar-refractivity contribution is 0.0952. The van der Waals surface area contributed by atoms with Crippen LogP contribution in [0, 0.1) is 6.92 Å². The largest absolute Gasteiger partial charge is 0.348 e. The predicted octanol–water partition coefficient (Wildman–Crippen LogP) is 3.26. The van der Waals surface area contributed by atoms with Gasteiger partial charge in [0.1, 0.15) is 4.60 Å². The summed E-state index contributed by atoms with van der Waals surface area (Å²) >= 11 is 3.37. The van der Waals surface area contributed by atoms with Crippen LogP contribution in [0.1, 0.15) is 54.0 Å². The molecule has 3 aromatic heterocycles. The second-order valence-electron chi connectivity index (χ2n) is 6.73. The molecule has 1 amide bonds. The molecule has 0 saturated carbocycles. The predicted molar refractivity (Wildman–Crippen MR) is 108 cm³/mol. The molecule has 3 rings (SSSR count). The summed E-state index contributed by atoms with van der Waals surface area (Å²) in [5, 5.41) is 7.89. The zero-order valence-electron chi connectivity index (χ0n) is 15.8. The number of hydrogen-bond donors (Lipinski definition) is 2. The van der Waals surface area contributed by atoms with Gasteiger partial charge in [-0.05, 0) is 60.8 Å². The molecule has 0 aliphatic heterocycles. The van der Waals surface area contributed by atoms with Crippen LogP contribution in [-0.4, -0.2) is 25.7 Å². The Morgan fingerprint density at radius 1 is 1.37 bits per heavy atom. The second kappa shape index (κ2) is 7.64. The molecule has 0 aliphatic carbocycles. The number of nitrogens with one attached hydrogen (secondary N) is 2. The van der Waals surface area contributed by atoms with Crippen molar-refractivity contribution in [3.63, 3.8) is 0 Å². The number of pyridine rings is 2. The van der Waals surface area contributed by atoms with E-state index in [-0.39, 0.29) is 24.1 Å². The van der Waals surface area contributed by atoms with Crippen molar-refractivity contribution in [3.8, 4) is 0 Å². The highest BCUT2D eigenvalue weighted by atomic mass is 79.9.